The van der Waals surface area contributed by atoms with Gasteiger partial charge >= 0.3 is 0 Å². The fourth-order valence-corrected chi connectivity index (χ4v) is 3.41. The summed E-state index contributed by atoms with van der Waals surface area (Å²) in [6, 6.07) is 0.779. The molecule has 2 heterocycles. The molecule has 1 N–H and O–H groups in total. The van der Waals surface area contributed by atoms with E-state index in [9.17, 15) is 9.90 Å². The van der Waals surface area contributed by atoms with E-state index in [1.165, 1.54) is 12.8 Å². The van der Waals surface area contributed by atoms with Gasteiger partial charge in [0.05, 0.1) is 19.3 Å². The van der Waals surface area contributed by atoms with E-state index in [0.717, 1.165) is 13.0 Å². The zero-order valence-corrected chi connectivity index (χ0v) is 15.0. The maximum absolute atomic E-state index is 12.7. The molecule has 1 aliphatic heterocycles. The van der Waals surface area contributed by atoms with Crippen molar-refractivity contribution in [1.82, 2.24) is 24.8 Å². The molecular formula is C17H29N5O2. The highest BCUT2D eigenvalue weighted by Crippen LogP contribution is 2.31. The predicted molar refractivity (Wildman–Crippen MR) is 90.4 cm³/mol. The zero-order valence-electron chi connectivity index (χ0n) is 15.0. The monoisotopic (exact) mass is 335 g/mol. The Kier molecular flexibility index (Phi) is 4.92. The molecule has 3 rings (SSSR count). The highest BCUT2D eigenvalue weighted by molar-refractivity contribution is 5.78. The smallest absolute Gasteiger partial charge is 0.236 e. The number of hydrogen-bond donors (Lipinski definition) is 1. The quantitative estimate of drug-likeness (QED) is 0.844. The Hall–Kier alpha value is -1.47. The van der Waals surface area contributed by atoms with E-state index in [2.05, 4.69) is 22.1 Å². The minimum atomic E-state index is -1.09. The first-order valence-corrected chi connectivity index (χ1v) is 9.09. The number of β-amino-alcohol motifs (C(OH)–C–C–N with tert-alkyl or cyclic N) is 1. The Morgan fingerprint density at radius 2 is 2.25 bits per heavy atom. The molecule has 1 saturated carbocycles. The number of likely N-dealkylation sites (N-methyl/N-ethyl adjacent to an activating group) is 1. The van der Waals surface area contributed by atoms with Crippen LogP contribution in [0.5, 0.6) is 0 Å². The minimum absolute atomic E-state index is 0.109. The minimum Gasteiger partial charge on any atom is -0.382 e. The third-order valence-electron chi connectivity index (χ3n) is 5.15. The first-order valence-electron chi connectivity index (χ1n) is 9.09. The average molecular weight is 335 g/mol. The van der Waals surface area contributed by atoms with E-state index in [4.69, 9.17) is 0 Å². The van der Waals surface area contributed by atoms with Crippen LogP contribution < -0.4 is 0 Å². The van der Waals surface area contributed by atoms with Crippen LogP contribution in [-0.4, -0.2) is 68.0 Å². The molecule has 0 bridgehead atoms. The SMILES string of the molecule is CCN(CC(=O)N1CCC[C@@](O)(c2cn(C(C)C)nn2)C1)C1CC1. The van der Waals surface area contributed by atoms with Crippen LogP contribution in [0.1, 0.15) is 58.2 Å². The van der Waals surface area contributed by atoms with Crippen LogP contribution in [0.25, 0.3) is 0 Å². The lowest BCUT2D eigenvalue weighted by Crippen LogP contribution is -2.51. The molecule has 2 fully saturated rings. The number of hydrogen-bond acceptors (Lipinski definition) is 5. The average Bonchev–Trinajstić information content (AvgIpc) is 3.26. The maximum atomic E-state index is 12.7. The first-order chi connectivity index (χ1) is 11.4. The topological polar surface area (TPSA) is 74.5 Å². The second-order valence-electron chi connectivity index (χ2n) is 7.42. The van der Waals surface area contributed by atoms with Crippen molar-refractivity contribution in [3.63, 3.8) is 0 Å². The van der Waals surface area contributed by atoms with Gasteiger partial charge in [0.25, 0.3) is 0 Å². The fourth-order valence-electron chi connectivity index (χ4n) is 3.41. The summed E-state index contributed by atoms with van der Waals surface area (Å²) in [7, 11) is 0. The van der Waals surface area contributed by atoms with Crippen LogP contribution in [0.3, 0.4) is 0 Å². The molecule has 1 amide bonds. The zero-order chi connectivity index (χ0) is 17.3. The number of rotatable bonds is 6. The fraction of sp³-hybridized carbons (Fsp3) is 0.824. The Morgan fingerprint density at radius 1 is 1.50 bits per heavy atom. The number of piperidine rings is 1. The lowest BCUT2D eigenvalue weighted by molar-refractivity contribution is -0.140. The lowest BCUT2D eigenvalue weighted by atomic mass is 9.90. The normalized spacial score (nSPS) is 24.8. The van der Waals surface area contributed by atoms with Crippen molar-refractivity contribution in [1.29, 1.82) is 0 Å². The van der Waals surface area contributed by atoms with Crippen LogP contribution >= 0.6 is 0 Å². The van der Waals surface area contributed by atoms with Crippen molar-refractivity contribution in [3.8, 4) is 0 Å². The molecule has 1 aliphatic carbocycles. The van der Waals surface area contributed by atoms with Crippen LogP contribution in [0, 0.1) is 0 Å². The molecule has 7 heteroatoms. The van der Waals surface area contributed by atoms with Crippen molar-refractivity contribution in [2.24, 2.45) is 0 Å². The molecule has 0 radical (unpaired) electrons. The van der Waals surface area contributed by atoms with Gasteiger partial charge in [-0.2, -0.15) is 0 Å². The number of carbonyl (C=O) groups excluding carboxylic acids is 1. The van der Waals surface area contributed by atoms with Crippen LogP contribution in [0.15, 0.2) is 6.20 Å². The van der Waals surface area contributed by atoms with Gasteiger partial charge in [-0.15, -0.1) is 5.10 Å². The maximum Gasteiger partial charge on any atom is 0.236 e. The molecule has 1 atom stereocenters. The van der Waals surface area contributed by atoms with Gasteiger partial charge in [0.15, 0.2) is 0 Å². The number of likely N-dealkylation sites (tertiary alicyclic amines) is 1. The molecular weight excluding hydrogens is 306 g/mol. The van der Waals surface area contributed by atoms with Crippen LogP contribution in [-0.2, 0) is 10.4 Å². The van der Waals surface area contributed by atoms with Gasteiger partial charge < -0.3 is 10.0 Å². The van der Waals surface area contributed by atoms with Crippen molar-refractivity contribution in [2.75, 3.05) is 26.2 Å². The Morgan fingerprint density at radius 3 is 2.83 bits per heavy atom. The Balaban J connectivity index is 1.67. The molecule has 24 heavy (non-hydrogen) atoms. The van der Waals surface area contributed by atoms with E-state index < -0.39 is 5.60 Å². The molecule has 0 aromatic carbocycles. The Labute approximate surface area is 143 Å². The van der Waals surface area contributed by atoms with Gasteiger partial charge in [-0.3, -0.25) is 9.69 Å². The van der Waals surface area contributed by atoms with Crippen molar-refractivity contribution in [2.45, 2.75) is 64.1 Å². The summed E-state index contributed by atoms with van der Waals surface area (Å²) >= 11 is 0. The van der Waals surface area contributed by atoms with E-state index in [1.807, 2.05) is 13.8 Å². The molecule has 0 unspecified atom stereocenters. The van der Waals surface area contributed by atoms with Gasteiger partial charge in [-0.1, -0.05) is 12.1 Å². The third-order valence-corrected chi connectivity index (χ3v) is 5.15. The van der Waals surface area contributed by atoms with E-state index in [-0.39, 0.29) is 11.9 Å². The summed E-state index contributed by atoms with van der Waals surface area (Å²) in [5, 5.41) is 19.3. The highest BCUT2D eigenvalue weighted by Gasteiger charge is 2.40. The summed E-state index contributed by atoms with van der Waals surface area (Å²) in [5.74, 6) is 0.109. The second-order valence-corrected chi connectivity index (χ2v) is 7.42. The van der Waals surface area contributed by atoms with Crippen molar-refractivity contribution in [3.05, 3.63) is 11.9 Å². The molecule has 0 spiro atoms. The molecule has 134 valence electrons. The Bertz CT molecular complexity index is 583. The molecule has 1 aromatic rings. The van der Waals surface area contributed by atoms with E-state index in [1.54, 1.807) is 15.8 Å². The molecule has 7 nitrogen and oxygen atoms in total. The van der Waals surface area contributed by atoms with Crippen LogP contribution in [0.2, 0.25) is 0 Å². The number of aliphatic hydroxyl groups is 1. The number of carbonyl (C=O) groups is 1. The predicted octanol–water partition coefficient (Wildman–Crippen LogP) is 1.15. The summed E-state index contributed by atoms with van der Waals surface area (Å²) in [5.41, 5.74) is -0.513. The summed E-state index contributed by atoms with van der Waals surface area (Å²) < 4.78 is 1.75. The van der Waals surface area contributed by atoms with Crippen molar-refractivity contribution < 1.29 is 9.90 Å². The third kappa shape index (κ3) is 3.62. The van der Waals surface area contributed by atoms with Gasteiger partial charge in [0.2, 0.25) is 5.91 Å². The summed E-state index contributed by atoms with van der Waals surface area (Å²) in [6.07, 6.45) is 5.61. The van der Waals surface area contributed by atoms with Crippen molar-refractivity contribution >= 4 is 5.91 Å². The second kappa shape index (κ2) is 6.80. The first kappa shape index (κ1) is 17.4. The number of aromatic nitrogens is 3. The van der Waals surface area contributed by atoms with E-state index >= 15 is 0 Å². The van der Waals surface area contributed by atoms with Crippen LogP contribution in [0.4, 0.5) is 0 Å². The lowest BCUT2D eigenvalue weighted by Gasteiger charge is -2.38. The molecule has 1 aromatic heterocycles. The number of amides is 1. The summed E-state index contributed by atoms with van der Waals surface area (Å²) in [4.78, 5) is 16.7. The van der Waals surface area contributed by atoms with Gasteiger partial charge in [-0.25, -0.2) is 4.68 Å². The standard InChI is InChI=1S/C17H29N5O2/c1-4-20(14-6-7-14)11-16(23)21-9-5-8-17(24,12-21)15-10-22(13(2)3)19-18-15/h10,13-14,24H,4-9,11-12H2,1-3H3/t17-/m0/s1. The van der Waals surface area contributed by atoms with E-state index in [0.29, 0.717) is 37.8 Å². The highest BCUT2D eigenvalue weighted by atomic mass is 16.3. The largest absolute Gasteiger partial charge is 0.382 e. The summed E-state index contributed by atoms with van der Waals surface area (Å²) in [6.45, 7) is 8.52. The van der Waals surface area contributed by atoms with Gasteiger partial charge in [-0.05, 0) is 46.1 Å². The molecule has 1 saturated heterocycles. The van der Waals surface area contributed by atoms with Gasteiger partial charge in [0.1, 0.15) is 11.3 Å². The molecule has 2 aliphatic rings. The number of nitrogens with zero attached hydrogens (tertiary/aromatic N) is 5. The van der Waals surface area contributed by atoms with Gasteiger partial charge in [0, 0.05) is 18.6 Å².